The van der Waals surface area contributed by atoms with E-state index in [9.17, 15) is 14.4 Å². The van der Waals surface area contributed by atoms with E-state index in [0.717, 1.165) is 35.1 Å². The minimum absolute atomic E-state index is 0.00579. The smallest absolute Gasteiger partial charge is 0.407 e. The number of fused-ring (bicyclic) bond motifs is 3. The summed E-state index contributed by atoms with van der Waals surface area (Å²) in [4.78, 5) is 38.8. The van der Waals surface area contributed by atoms with Gasteiger partial charge in [-0.1, -0.05) is 61.9 Å². The standard InChI is InChI=1S/C27H32N2O6/c1-2-7-18-16-29(14-15-34-18)26(32)24(12-13-25(30)31)28-27(33)35-17-23-21-10-5-3-8-19(21)20-9-4-6-11-22(20)23/h3-6,8-11,18,23-24H,2,7,12-17H2,1H3,(H,28,33)(H,30,31). The Bertz CT molecular complexity index is 1020. The third-order valence-corrected chi connectivity index (χ3v) is 6.64. The molecule has 0 bridgehead atoms. The number of carboxylic acids is 1. The van der Waals surface area contributed by atoms with Crippen molar-refractivity contribution in [3.8, 4) is 11.1 Å². The average Bonchev–Trinajstić information content (AvgIpc) is 3.19. The molecule has 1 heterocycles. The Labute approximate surface area is 205 Å². The maximum Gasteiger partial charge on any atom is 0.407 e. The van der Waals surface area contributed by atoms with Gasteiger partial charge in [0.15, 0.2) is 0 Å². The van der Waals surface area contributed by atoms with E-state index in [1.807, 2.05) is 36.4 Å². The van der Waals surface area contributed by atoms with Crippen molar-refractivity contribution in [1.82, 2.24) is 10.2 Å². The van der Waals surface area contributed by atoms with Gasteiger partial charge in [-0.2, -0.15) is 0 Å². The van der Waals surface area contributed by atoms with E-state index in [2.05, 4.69) is 24.4 Å². The van der Waals surface area contributed by atoms with Crippen molar-refractivity contribution in [2.75, 3.05) is 26.3 Å². The monoisotopic (exact) mass is 480 g/mol. The van der Waals surface area contributed by atoms with Gasteiger partial charge in [-0.25, -0.2) is 4.79 Å². The predicted octanol–water partition coefficient (Wildman–Crippen LogP) is 3.79. The number of hydrogen-bond acceptors (Lipinski definition) is 5. The van der Waals surface area contributed by atoms with Gasteiger partial charge in [-0.15, -0.1) is 0 Å². The number of rotatable bonds is 9. The number of morpholine rings is 1. The van der Waals surface area contributed by atoms with Crippen molar-refractivity contribution < 1.29 is 29.0 Å². The second kappa shape index (κ2) is 11.4. The molecule has 2 aromatic rings. The van der Waals surface area contributed by atoms with Crippen molar-refractivity contribution >= 4 is 18.0 Å². The maximum absolute atomic E-state index is 13.2. The maximum atomic E-state index is 13.2. The van der Waals surface area contributed by atoms with Gasteiger partial charge < -0.3 is 24.8 Å². The Morgan fingerprint density at radius 2 is 1.77 bits per heavy atom. The van der Waals surface area contributed by atoms with E-state index in [-0.39, 0.29) is 37.4 Å². The third kappa shape index (κ3) is 5.82. The zero-order chi connectivity index (χ0) is 24.8. The number of carboxylic acid groups (broad SMARTS) is 1. The first-order valence-electron chi connectivity index (χ1n) is 12.2. The number of aliphatic carboxylic acids is 1. The van der Waals surface area contributed by atoms with Gasteiger partial charge in [0.05, 0.1) is 12.7 Å². The molecule has 2 atom stereocenters. The number of carbonyl (C=O) groups excluding carboxylic acids is 2. The lowest BCUT2D eigenvalue weighted by atomic mass is 9.98. The highest BCUT2D eigenvalue weighted by molar-refractivity contribution is 5.86. The zero-order valence-corrected chi connectivity index (χ0v) is 19.9. The fourth-order valence-electron chi connectivity index (χ4n) is 4.94. The van der Waals surface area contributed by atoms with Gasteiger partial charge in [-0.3, -0.25) is 9.59 Å². The normalized spacial score (nSPS) is 17.9. The van der Waals surface area contributed by atoms with Crippen LogP contribution < -0.4 is 5.32 Å². The molecule has 0 radical (unpaired) electrons. The molecule has 1 aliphatic heterocycles. The summed E-state index contributed by atoms with van der Waals surface area (Å²) in [6.45, 7) is 3.44. The van der Waals surface area contributed by atoms with E-state index in [0.29, 0.717) is 19.7 Å². The van der Waals surface area contributed by atoms with Crippen LogP contribution in [0.4, 0.5) is 4.79 Å². The molecule has 2 unspecified atom stereocenters. The van der Waals surface area contributed by atoms with Crippen LogP contribution in [0.2, 0.25) is 0 Å². The SMILES string of the molecule is CCCC1CN(C(=O)C(CCC(=O)O)NC(=O)OCC2c3ccccc3-c3ccccc32)CCO1. The molecule has 2 aliphatic rings. The van der Waals surface area contributed by atoms with Gasteiger partial charge >= 0.3 is 12.1 Å². The van der Waals surface area contributed by atoms with Crippen LogP contribution in [0.15, 0.2) is 48.5 Å². The molecular weight excluding hydrogens is 448 g/mol. The molecule has 0 aromatic heterocycles. The Morgan fingerprint density at radius 1 is 1.11 bits per heavy atom. The van der Waals surface area contributed by atoms with Gasteiger partial charge in [0.2, 0.25) is 5.91 Å². The van der Waals surface area contributed by atoms with E-state index in [1.54, 1.807) is 4.90 Å². The quantitative estimate of drug-likeness (QED) is 0.566. The molecule has 0 spiro atoms. The van der Waals surface area contributed by atoms with Crippen molar-refractivity contribution in [2.24, 2.45) is 0 Å². The first kappa shape index (κ1) is 24.7. The summed E-state index contributed by atoms with van der Waals surface area (Å²) in [5, 5.41) is 11.8. The molecule has 1 fully saturated rings. The van der Waals surface area contributed by atoms with Crippen LogP contribution in [0.3, 0.4) is 0 Å². The highest BCUT2D eigenvalue weighted by atomic mass is 16.5. The lowest BCUT2D eigenvalue weighted by Crippen LogP contribution is -2.54. The second-order valence-electron chi connectivity index (χ2n) is 9.02. The summed E-state index contributed by atoms with van der Waals surface area (Å²) in [5.74, 6) is -1.43. The highest BCUT2D eigenvalue weighted by Gasteiger charge is 2.32. The minimum Gasteiger partial charge on any atom is -0.481 e. The van der Waals surface area contributed by atoms with Crippen LogP contribution in [0, 0.1) is 0 Å². The van der Waals surface area contributed by atoms with Crippen molar-refractivity contribution in [1.29, 1.82) is 0 Å². The number of ether oxygens (including phenoxy) is 2. The highest BCUT2D eigenvalue weighted by Crippen LogP contribution is 2.44. The molecule has 1 aliphatic carbocycles. The van der Waals surface area contributed by atoms with Crippen molar-refractivity contribution in [3.63, 3.8) is 0 Å². The number of nitrogens with zero attached hydrogens (tertiary/aromatic N) is 1. The summed E-state index contributed by atoms with van der Waals surface area (Å²) in [5.41, 5.74) is 4.44. The van der Waals surface area contributed by atoms with Crippen molar-refractivity contribution in [2.45, 2.75) is 50.7 Å². The summed E-state index contributed by atoms with van der Waals surface area (Å²) in [6.07, 6.45) is 0.759. The molecular formula is C27H32N2O6. The van der Waals surface area contributed by atoms with E-state index >= 15 is 0 Å². The predicted molar refractivity (Wildman–Crippen MR) is 130 cm³/mol. The number of alkyl carbamates (subject to hydrolysis) is 1. The fraction of sp³-hybridized carbons (Fsp3) is 0.444. The zero-order valence-electron chi connectivity index (χ0n) is 19.9. The summed E-state index contributed by atoms with van der Waals surface area (Å²) >= 11 is 0. The van der Waals surface area contributed by atoms with Crippen LogP contribution in [0.5, 0.6) is 0 Å². The molecule has 8 nitrogen and oxygen atoms in total. The van der Waals surface area contributed by atoms with Crippen LogP contribution in [0.25, 0.3) is 11.1 Å². The topological polar surface area (TPSA) is 105 Å². The molecule has 1 saturated heterocycles. The van der Waals surface area contributed by atoms with Gasteiger partial charge in [0, 0.05) is 25.4 Å². The molecule has 0 saturated carbocycles. The third-order valence-electron chi connectivity index (χ3n) is 6.64. The number of hydrogen-bond donors (Lipinski definition) is 2. The Balaban J connectivity index is 1.41. The van der Waals surface area contributed by atoms with Crippen LogP contribution in [-0.4, -0.2) is 66.4 Å². The molecule has 2 aromatic carbocycles. The minimum atomic E-state index is -1.03. The summed E-state index contributed by atoms with van der Waals surface area (Å²) in [6, 6.07) is 15.1. The number of amides is 2. The second-order valence-corrected chi connectivity index (χ2v) is 9.02. The Hall–Kier alpha value is -3.39. The molecule has 2 N–H and O–H groups in total. The van der Waals surface area contributed by atoms with Gasteiger partial charge in [0.25, 0.3) is 0 Å². The fourth-order valence-corrected chi connectivity index (χ4v) is 4.94. The summed E-state index contributed by atoms with van der Waals surface area (Å²) < 4.78 is 11.3. The Morgan fingerprint density at radius 3 is 2.40 bits per heavy atom. The van der Waals surface area contributed by atoms with Crippen molar-refractivity contribution in [3.05, 3.63) is 59.7 Å². The van der Waals surface area contributed by atoms with Crippen LogP contribution in [-0.2, 0) is 19.1 Å². The first-order chi connectivity index (χ1) is 17.0. The molecule has 4 rings (SSSR count). The average molecular weight is 481 g/mol. The molecule has 35 heavy (non-hydrogen) atoms. The van der Waals surface area contributed by atoms with Gasteiger partial charge in [-0.05, 0) is 35.1 Å². The number of benzene rings is 2. The summed E-state index contributed by atoms with van der Waals surface area (Å²) in [7, 11) is 0. The molecule has 8 heteroatoms. The molecule has 186 valence electrons. The van der Waals surface area contributed by atoms with E-state index < -0.39 is 18.1 Å². The van der Waals surface area contributed by atoms with Gasteiger partial charge in [0.1, 0.15) is 12.6 Å². The number of nitrogens with one attached hydrogen (secondary N) is 1. The lowest BCUT2D eigenvalue weighted by Gasteiger charge is -2.35. The first-order valence-corrected chi connectivity index (χ1v) is 12.2. The van der Waals surface area contributed by atoms with Crippen LogP contribution >= 0.6 is 0 Å². The Kier molecular flexibility index (Phi) is 8.02. The lowest BCUT2D eigenvalue weighted by molar-refractivity contribution is -0.142. The number of carbonyl (C=O) groups is 3. The van der Waals surface area contributed by atoms with E-state index in [4.69, 9.17) is 14.6 Å². The molecule has 2 amide bonds. The largest absolute Gasteiger partial charge is 0.481 e. The van der Waals surface area contributed by atoms with Crippen LogP contribution in [0.1, 0.15) is 49.7 Å². The van der Waals surface area contributed by atoms with E-state index in [1.165, 1.54) is 0 Å².